The van der Waals surface area contributed by atoms with Crippen LogP contribution in [0.3, 0.4) is 0 Å². The molecule has 156 valence electrons. The molecule has 1 aromatic rings. The maximum Gasteiger partial charge on any atom is 0.413 e. The second-order valence-corrected chi connectivity index (χ2v) is 8.91. The average molecular weight is 412 g/mol. The van der Waals surface area contributed by atoms with Crippen molar-refractivity contribution in [2.45, 2.75) is 44.0 Å². The summed E-state index contributed by atoms with van der Waals surface area (Å²) >= 11 is 0. The van der Waals surface area contributed by atoms with Crippen LogP contribution in [0.1, 0.15) is 38.7 Å². The molecule has 0 bridgehead atoms. The van der Waals surface area contributed by atoms with E-state index in [4.69, 9.17) is 0 Å². The molecule has 0 unspecified atom stereocenters. The lowest BCUT2D eigenvalue weighted by atomic mass is 9.99. The predicted molar refractivity (Wildman–Crippen MR) is 105 cm³/mol. The fourth-order valence-corrected chi connectivity index (χ4v) is 4.53. The summed E-state index contributed by atoms with van der Waals surface area (Å²) in [4.78, 5) is 25.3. The average Bonchev–Trinajstić information content (AvgIpc) is 2.72. The van der Waals surface area contributed by atoms with Crippen molar-refractivity contribution in [2.75, 3.05) is 33.3 Å². The van der Waals surface area contributed by atoms with E-state index in [0.29, 0.717) is 19.0 Å². The summed E-state index contributed by atoms with van der Waals surface area (Å²) in [5.74, 6) is -0.0817. The smallest absolute Gasteiger partial charge is 0.413 e. The van der Waals surface area contributed by atoms with Gasteiger partial charge in [0.25, 0.3) is 0 Å². The number of methoxy groups -OCH3 is 1. The van der Waals surface area contributed by atoms with Gasteiger partial charge in [-0.3, -0.25) is 15.0 Å². The zero-order valence-electron chi connectivity index (χ0n) is 16.8. The van der Waals surface area contributed by atoms with Gasteiger partial charge < -0.3 is 4.74 Å². The molecule has 0 aliphatic carbocycles. The molecule has 0 aromatic heterocycles. The summed E-state index contributed by atoms with van der Waals surface area (Å²) in [7, 11) is -2.38. The van der Waals surface area contributed by atoms with Crippen LogP contribution in [0.25, 0.3) is 0 Å². The first-order chi connectivity index (χ1) is 13.2. The van der Waals surface area contributed by atoms with Gasteiger partial charge in [-0.2, -0.15) is 4.31 Å². The molecule has 0 saturated carbocycles. The summed E-state index contributed by atoms with van der Waals surface area (Å²) < 4.78 is 31.7. The number of hydrogen-bond donors (Lipinski definition) is 1. The molecule has 1 aromatic carbocycles. The maximum absolute atomic E-state index is 12.9. The fourth-order valence-electron chi connectivity index (χ4n) is 3.11. The molecular weight excluding hydrogens is 382 g/mol. The predicted octanol–water partition coefficient (Wildman–Crippen LogP) is 1.78. The molecule has 8 nitrogen and oxygen atoms in total. The van der Waals surface area contributed by atoms with Gasteiger partial charge in [-0.25, -0.2) is 13.2 Å². The number of benzene rings is 1. The number of rotatable bonds is 6. The van der Waals surface area contributed by atoms with Gasteiger partial charge in [-0.1, -0.05) is 26.0 Å². The number of piperazine rings is 1. The van der Waals surface area contributed by atoms with E-state index in [0.717, 1.165) is 12.0 Å². The normalized spacial score (nSPS) is 18.3. The van der Waals surface area contributed by atoms with Crippen molar-refractivity contribution in [3.63, 3.8) is 0 Å². The lowest BCUT2D eigenvalue weighted by Gasteiger charge is -2.36. The Morgan fingerprint density at radius 1 is 1.11 bits per heavy atom. The molecule has 28 heavy (non-hydrogen) atoms. The highest BCUT2D eigenvalue weighted by Crippen LogP contribution is 2.23. The van der Waals surface area contributed by atoms with E-state index in [1.54, 1.807) is 19.1 Å². The molecule has 1 saturated heterocycles. The van der Waals surface area contributed by atoms with Crippen LogP contribution >= 0.6 is 0 Å². The molecule has 0 radical (unpaired) electrons. The van der Waals surface area contributed by atoms with Crippen molar-refractivity contribution < 1.29 is 22.7 Å². The van der Waals surface area contributed by atoms with Crippen LogP contribution in [0.4, 0.5) is 4.79 Å². The van der Waals surface area contributed by atoms with Gasteiger partial charge in [0, 0.05) is 26.2 Å². The van der Waals surface area contributed by atoms with Crippen molar-refractivity contribution in [1.29, 1.82) is 0 Å². The Labute approximate surface area is 166 Å². The summed E-state index contributed by atoms with van der Waals surface area (Å²) in [5, 5.41) is 2.14. The van der Waals surface area contributed by atoms with Gasteiger partial charge in [0.1, 0.15) is 0 Å². The van der Waals surface area contributed by atoms with Gasteiger partial charge in [0.15, 0.2) is 0 Å². The number of carbonyl (C=O) groups excluding carboxylic acids is 2. The third-order valence-electron chi connectivity index (χ3n) is 5.31. The third kappa shape index (κ3) is 5.09. The monoisotopic (exact) mass is 411 g/mol. The summed E-state index contributed by atoms with van der Waals surface area (Å²) in [6.45, 7) is 7.26. The van der Waals surface area contributed by atoms with E-state index >= 15 is 0 Å². The van der Waals surface area contributed by atoms with E-state index in [2.05, 4.69) is 23.9 Å². The van der Waals surface area contributed by atoms with E-state index in [9.17, 15) is 18.0 Å². The topological polar surface area (TPSA) is 96.0 Å². The maximum atomic E-state index is 12.9. The number of sulfonamides is 1. The van der Waals surface area contributed by atoms with Crippen molar-refractivity contribution in [3.05, 3.63) is 29.8 Å². The first kappa shape index (κ1) is 22.3. The third-order valence-corrected chi connectivity index (χ3v) is 7.22. The molecule has 0 spiro atoms. The van der Waals surface area contributed by atoms with Crippen molar-refractivity contribution in [1.82, 2.24) is 14.5 Å². The lowest BCUT2D eigenvalue weighted by Crippen LogP contribution is -2.55. The number of amides is 2. The minimum absolute atomic E-state index is 0.282. The van der Waals surface area contributed by atoms with Crippen LogP contribution in [-0.4, -0.2) is 69.0 Å². The molecule has 1 heterocycles. The first-order valence-corrected chi connectivity index (χ1v) is 10.9. The molecule has 1 aliphatic heterocycles. The zero-order valence-corrected chi connectivity index (χ0v) is 17.7. The summed E-state index contributed by atoms with van der Waals surface area (Å²) in [6, 6.07) is 6.51. The first-order valence-electron chi connectivity index (χ1n) is 9.43. The largest absolute Gasteiger partial charge is 0.453 e. The van der Waals surface area contributed by atoms with Gasteiger partial charge >= 0.3 is 6.09 Å². The van der Waals surface area contributed by atoms with E-state index < -0.39 is 28.1 Å². The van der Waals surface area contributed by atoms with Crippen molar-refractivity contribution in [3.8, 4) is 0 Å². The number of nitrogens with one attached hydrogen (secondary N) is 1. The Kier molecular flexibility index (Phi) is 7.56. The van der Waals surface area contributed by atoms with Crippen LogP contribution in [0, 0.1) is 0 Å². The van der Waals surface area contributed by atoms with Crippen molar-refractivity contribution >= 4 is 22.0 Å². The fraction of sp³-hybridized carbons (Fsp3) is 0.579. The van der Waals surface area contributed by atoms with Crippen LogP contribution in [-0.2, 0) is 19.6 Å². The Morgan fingerprint density at radius 2 is 1.68 bits per heavy atom. The van der Waals surface area contributed by atoms with Crippen LogP contribution < -0.4 is 5.32 Å². The molecule has 1 N–H and O–H groups in total. The van der Waals surface area contributed by atoms with Crippen LogP contribution in [0.15, 0.2) is 29.2 Å². The molecule has 9 heteroatoms. The van der Waals surface area contributed by atoms with Gasteiger partial charge in [-0.15, -0.1) is 0 Å². The SMILES string of the molecule is CC[C@@H](C)c1ccc(S(=O)(=O)N2CCN([C@H](C)C(=O)NC(=O)OC)CC2)cc1. The second kappa shape index (κ2) is 9.49. The van der Waals surface area contributed by atoms with Crippen molar-refractivity contribution in [2.24, 2.45) is 0 Å². The quantitative estimate of drug-likeness (QED) is 0.767. The highest BCUT2D eigenvalue weighted by Gasteiger charge is 2.32. The number of alkyl carbamates (subject to hydrolysis) is 1. The molecule has 2 atom stereocenters. The van der Waals surface area contributed by atoms with Gasteiger partial charge in [0.2, 0.25) is 15.9 Å². The number of carbonyl (C=O) groups is 2. The van der Waals surface area contributed by atoms with Gasteiger partial charge in [0.05, 0.1) is 18.0 Å². The number of hydrogen-bond acceptors (Lipinski definition) is 6. The molecule has 2 amide bonds. The lowest BCUT2D eigenvalue weighted by molar-refractivity contribution is -0.125. The zero-order chi connectivity index (χ0) is 20.9. The molecule has 1 fully saturated rings. The molecule has 1 aliphatic rings. The van der Waals surface area contributed by atoms with Crippen LogP contribution in [0.2, 0.25) is 0 Å². The van der Waals surface area contributed by atoms with E-state index in [1.807, 2.05) is 17.0 Å². The van der Waals surface area contributed by atoms with Gasteiger partial charge in [-0.05, 0) is 37.0 Å². The summed E-state index contributed by atoms with van der Waals surface area (Å²) in [5.41, 5.74) is 1.12. The minimum Gasteiger partial charge on any atom is -0.453 e. The Morgan fingerprint density at radius 3 is 2.18 bits per heavy atom. The highest BCUT2D eigenvalue weighted by atomic mass is 32.2. The number of nitrogens with zero attached hydrogens (tertiary/aromatic N) is 2. The molecular formula is C19H29N3O5S. The minimum atomic E-state index is -3.57. The Balaban J connectivity index is 1.99. The Hall–Kier alpha value is -1.97. The van der Waals surface area contributed by atoms with Crippen LogP contribution in [0.5, 0.6) is 0 Å². The standard InChI is InChI=1S/C19H29N3O5S/c1-5-14(2)16-6-8-17(9-7-16)28(25,26)22-12-10-21(11-13-22)15(3)18(23)20-19(24)27-4/h6-9,14-15H,5,10-13H2,1-4H3,(H,20,23,24)/t14-,15-/m1/s1. The number of ether oxygens (including phenoxy) is 1. The second-order valence-electron chi connectivity index (χ2n) is 6.98. The molecule has 2 rings (SSSR count). The number of imide groups is 1. The Bertz CT molecular complexity index is 786. The van der Waals surface area contributed by atoms with E-state index in [1.165, 1.54) is 11.4 Å². The van der Waals surface area contributed by atoms with E-state index in [-0.39, 0.29) is 18.0 Å². The highest BCUT2D eigenvalue weighted by molar-refractivity contribution is 7.89. The summed E-state index contributed by atoms with van der Waals surface area (Å²) in [6.07, 6.45) is 0.189.